The average molecular weight is 583 g/mol. The van der Waals surface area contributed by atoms with E-state index in [9.17, 15) is 27.3 Å². The predicted molar refractivity (Wildman–Crippen MR) is 135 cm³/mol. The van der Waals surface area contributed by atoms with Gasteiger partial charge in [0.05, 0.1) is 5.56 Å². The molecule has 0 radical (unpaired) electrons. The molecule has 2 aromatic rings. The van der Waals surface area contributed by atoms with Crippen molar-refractivity contribution in [1.29, 1.82) is 0 Å². The van der Waals surface area contributed by atoms with E-state index >= 15 is 0 Å². The van der Waals surface area contributed by atoms with Gasteiger partial charge in [0.25, 0.3) is 0 Å². The van der Waals surface area contributed by atoms with Crippen LogP contribution in [0.2, 0.25) is 0 Å². The molecule has 1 N–H and O–H groups in total. The van der Waals surface area contributed by atoms with Crippen molar-refractivity contribution in [2.45, 2.75) is 49.4 Å². The first-order chi connectivity index (χ1) is 17.6. The zero-order chi connectivity index (χ0) is 26.4. The second-order valence-electron chi connectivity index (χ2n) is 10.2. The second kappa shape index (κ2) is 9.98. The molecule has 0 aromatic heterocycles. The Morgan fingerprint density at radius 2 is 2.03 bits per heavy atom. The summed E-state index contributed by atoms with van der Waals surface area (Å²) in [5, 5.41) is 5.71. The summed E-state index contributed by atoms with van der Waals surface area (Å²) in [6.07, 6.45) is -1.57. The minimum absolute atomic E-state index is 0.00746. The molecule has 2 saturated carbocycles. The highest BCUT2D eigenvalue weighted by atomic mass is 79.9. The Morgan fingerprint density at radius 3 is 2.70 bits per heavy atom. The molecule has 3 fully saturated rings. The van der Waals surface area contributed by atoms with Gasteiger partial charge in [-0.1, -0.05) is 33.2 Å². The van der Waals surface area contributed by atoms with Crippen LogP contribution in [0.15, 0.2) is 52.1 Å². The maximum atomic E-state index is 13.8. The number of anilines is 1. The van der Waals surface area contributed by atoms with E-state index in [0.717, 1.165) is 29.8 Å². The fraction of sp³-hybridized carbons (Fsp3) is 0.500. The van der Waals surface area contributed by atoms with Crippen molar-refractivity contribution < 1.29 is 22.4 Å². The molecular weight excluding hydrogens is 556 g/mol. The van der Waals surface area contributed by atoms with E-state index in [1.807, 2.05) is 12.1 Å². The predicted octanol–water partition coefficient (Wildman–Crippen LogP) is 6.40. The summed E-state index contributed by atoms with van der Waals surface area (Å²) >= 11 is 3.54. The Morgan fingerprint density at radius 1 is 1.22 bits per heavy atom. The number of urea groups is 1. The summed E-state index contributed by atoms with van der Waals surface area (Å²) in [5.74, 6) is -1.14. The summed E-state index contributed by atoms with van der Waals surface area (Å²) in [5.41, 5.74) is -0.310. The maximum absolute atomic E-state index is 13.8. The molecular formula is C26H27BrF4N4O2. The van der Waals surface area contributed by atoms with Gasteiger partial charge in [-0.3, -0.25) is 4.90 Å². The van der Waals surface area contributed by atoms with Crippen LogP contribution in [-0.2, 0) is 11.6 Å². The van der Waals surface area contributed by atoms with Crippen LogP contribution in [-0.4, -0.2) is 54.1 Å². The number of benzene rings is 2. The van der Waals surface area contributed by atoms with E-state index < -0.39 is 23.6 Å². The van der Waals surface area contributed by atoms with Gasteiger partial charge in [0.15, 0.2) is 0 Å². The van der Waals surface area contributed by atoms with Gasteiger partial charge in [0.2, 0.25) is 0 Å². The zero-order valence-electron chi connectivity index (χ0n) is 20.0. The molecule has 11 heteroatoms. The zero-order valence-corrected chi connectivity index (χ0v) is 21.6. The van der Waals surface area contributed by atoms with Gasteiger partial charge in [0.1, 0.15) is 11.9 Å². The van der Waals surface area contributed by atoms with Crippen molar-refractivity contribution in [1.82, 2.24) is 9.80 Å². The lowest BCUT2D eigenvalue weighted by Crippen LogP contribution is -2.47. The maximum Gasteiger partial charge on any atom is 0.419 e. The number of likely N-dealkylation sites (tertiary alicyclic amines) is 1. The van der Waals surface area contributed by atoms with Gasteiger partial charge >= 0.3 is 12.2 Å². The van der Waals surface area contributed by atoms with Gasteiger partial charge in [-0.05, 0) is 67.5 Å². The number of nitrogens with zero attached hydrogens (tertiary/aromatic N) is 3. The van der Waals surface area contributed by atoms with Crippen LogP contribution in [0.25, 0.3) is 0 Å². The monoisotopic (exact) mass is 582 g/mol. The summed E-state index contributed by atoms with van der Waals surface area (Å²) < 4.78 is 54.4. The highest BCUT2D eigenvalue weighted by Gasteiger charge is 2.64. The Balaban J connectivity index is 1.35. The van der Waals surface area contributed by atoms with Crippen LogP contribution in [0.5, 0.6) is 0 Å². The first-order valence-electron chi connectivity index (χ1n) is 12.4. The standard InChI is InChI=1S/C26H27BrF4N4O2/c27-17-3-1-2-16(12-17)25-8-6-23(21(25)14-25)35(11-10-34-9-7-19(15-34)33-37)24(36)32-18-4-5-22(28)20(13-18)26(29,30)31/h1-5,12-13,19,21,23H,6-11,14-15H2,(H,32,36)/t19-,21-,23-,25-/m1/s1. The second-order valence-corrected chi connectivity index (χ2v) is 11.2. The lowest BCUT2D eigenvalue weighted by Gasteiger charge is -2.32. The number of hydrogen-bond donors (Lipinski definition) is 1. The lowest BCUT2D eigenvalue weighted by molar-refractivity contribution is -0.139. The third-order valence-electron chi connectivity index (χ3n) is 8.12. The third-order valence-corrected chi connectivity index (χ3v) is 8.62. The minimum Gasteiger partial charge on any atom is -0.320 e. The van der Waals surface area contributed by atoms with Gasteiger partial charge in [-0.25, -0.2) is 9.18 Å². The number of amides is 2. The summed E-state index contributed by atoms with van der Waals surface area (Å²) in [6, 6.07) is 9.82. The molecule has 0 unspecified atom stereocenters. The van der Waals surface area contributed by atoms with Crippen LogP contribution in [0, 0.1) is 16.6 Å². The van der Waals surface area contributed by atoms with E-state index in [2.05, 4.69) is 43.5 Å². The third kappa shape index (κ3) is 5.25. The molecule has 3 aliphatic rings. The number of alkyl halides is 3. The van der Waals surface area contributed by atoms with Crippen molar-refractivity contribution in [2.75, 3.05) is 31.5 Å². The Hall–Kier alpha value is -2.53. The quantitative estimate of drug-likeness (QED) is 0.303. The molecule has 1 saturated heterocycles. The van der Waals surface area contributed by atoms with E-state index in [-0.39, 0.29) is 29.1 Å². The summed E-state index contributed by atoms with van der Waals surface area (Å²) in [6.45, 7) is 2.13. The molecule has 1 aliphatic heterocycles. The molecule has 2 amide bonds. The van der Waals surface area contributed by atoms with E-state index in [1.165, 1.54) is 5.56 Å². The first kappa shape index (κ1) is 26.1. The van der Waals surface area contributed by atoms with Crippen molar-refractivity contribution >= 4 is 27.6 Å². The van der Waals surface area contributed by atoms with Crippen LogP contribution in [0.4, 0.5) is 28.0 Å². The smallest absolute Gasteiger partial charge is 0.320 e. The minimum atomic E-state index is -4.87. The fourth-order valence-corrected chi connectivity index (χ4v) is 6.56. The number of rotatable bonds is 7. The van der Waals surface area contributed by atoms with E-state index in [0.29, 0.717) is 44.7 Å². The molecule has 0 spiro atoms. The van der Waals surface area contributed by atoms with Crippen LogP contribution in [0.3, 0.4) is 0 Å². The highest BCUT2D eigenvalue weighted by molar-refractivity contribution is 9.10. The van der Waals surface area contributed by atoms with Crippen molar-refractivity contribution in [3.05, 3.63) is 68.8 Å². The average Bonchev–Trinajstić information content (AvgIpc) is 3.21. The number of carbonyl (C=O) groups excluding carboxylic acids is 1. The topological polar surface area (TPSA) is 65.0 Å². The largest absolute Gasteiger partial charge is 0.419 e. The van der Waals surface area contributed by atoms with E-state index in [4.69, 9.17) is 0 Å². The molecule has 2 aliphatic carbocycles. The Bertz CT molecular complexity index is 1200. The normalized spacial score (nSPS) is 27.1. The number of carbonyl (C=O) groups is 1. The SMILES string of the molecule is O=N[C@@H]1CCN(CCN(C(=O)Nc2ccc(F)c(C(F)(F)F)c2)[C@@H]2CC[C@]3(c4cccc(Br)c4)C[C@H]23)C1. The summed E-state index contributed by atoms with van der Waals surface area (Å²) in [7, 11) is 0. The molecule has 2 aromatic carbocycles. The summed E-state index contributed by atoms with van der Waals surface area (Å²) in [4.78, 5) is 28.2. The first-order valence-corrected chi connectivity index (χ1v) is 13.2. The Labute approximate surface area is 220 Å². The number of nitroso groups, excluding NO2 is 1. The van der Waals surface area contributed by atoms with Crippen molar-refractivity contribution in [3.63, 3.8) is 0 Å². The van der Waals surface area contributed by atoms with Gasteiger partial charge < -0.3 is 10.2 Å². The van der Waals surface area contributed by atoms with Crippen LogP contribution in [0.1, 0.15) is 36.8 Å². The number of nitrogens with one attached hydrogen (secondary N) is 1. The molecule has 5 rings (SSSR count). The highest BCUT2D eigenvalue weighted by Crippen LogP contribution is 2.65. The van der Waals surface area contributed by atoms with Gasteiger partial charge in [-0.2, -0.15) is 18.1 Å². The molecule has 0 bridgehead atoms. The molecule has 6 nitrogen and oxygen atoms in total. The molecule has 37 heavy (non-hydrogen) atoms. The fourth-order valence-electron chi connectivity index (χ4n) is 6.16. The number of halogens is 5. The molecule has 198 valence electrons. The van der Waals surface area contributed by atoms with Gasteiger partial charge in [0, 0.05) is 47.8 Å². The lowest BCUT2D eigenvalue weighted by atomic mass is 9.93. The number of hydrogen-bond acceptors (Lipinski definition) is 4. The Kier molecular flexibility index (Phi) is 7.04. The van der Waals surface area contributed by atoms with Crippen LogP contribution < -0.4 is 5.32 Å². The van der Waals surface area contributed by atoms with Crippen molar-refractivity contribution in [2.24, 2.45) is 11.1 Å². The van der Waals surface area contributed by atoms with Crippen molar-refractivity contribution in [3.8, 4) is 0 Å². The van der Waals surface area contributed by atoms with Crippen LogP contribution >= 0.6 is 15.9 Å². The van der Waals surface area contributed by atoms with E-state index in [1.54, 1.807) is 4.90 Å². The number of fused-ring (bicyclic) bond motifs is 1. The molecule has 1 heterocycles. The molecule has 4 atom stereocenters. The van der Waals surface area contributed by atoms with Gasteiger partial charge in [-0.15, -0.1) is 0 Å².